The Kier molecular flexibility index (Phi) is 30.6. The number of hydrogen-bond donors (Lipinski definition) is 11. The highest BCUT2D eigenvalue weighted by atomic mass is 32.2. The highest BCUT2D eigenvalue weighted by Gasteiger charge is 2.52. The number of alkyl halides is 4. The number of halogens is 4. The van der Waals surface area contributed by atoms with Gasteiger partial charge in [0.1, 0.15) is 55.9 Å². The van der Waals surface area contributed by atoms with Crippen molar-refractivity contribution < 1.29 is 79.7 Å². The summed E-state index contributed by atoms with van der Waals surface area (Å²) < 4.78 is 80.0. The summed E-state index contributed by atoms with van der Waals surface area (Å²) in [5, 5.41) is 55.9. The number of aliphatic hydroxyl groups is 3. The second-order valence-corrected chi connectivity index (χ2v) is 51.7. The zero-order valence-electron chi connectivity index (χ0n) is 86.5. The molecule has 33 nitrogen and oxygen atoms in total. The summed E-state index contributed by atoms with van der Waals surface area (Å²) in [7, 11) is -3.02. The lowest BCUT2D eigenvalue weighted by Crippen LogP contribution is -2.47. The summed E-state index contributed by atoms with van der Waals surface area (Å²) >= 11 is 4.50. The van der Waals surface area contributed by atoms with Crippen molar-refractivity contribution in [3.8, 4) is 41.8 Å². The number of anilines is 4. The van der Waals surface area contributed by atoms with E-state index in [-0.39, 0.29) is 126 Å². The Morgan fingerprint density at radius 3 is 0.905 bits per heavy atom. The van der Waals surface area contributed by atoms with Crippen LogP contribution in [0.3, 0.4) is 0 Å². The van der Waals surface area contributed by atoms with Crippen molar-refractivity contribution in [3.05, 3.63) is 114 Å². The van der Waals surface area contributed by atoms with Crippen molar-refractivity contribution in [2.24, 2.45) is 0 Å². The largest absolute Gasteiger partial charge is 0.393 e. The van der Waals surface area contributed by atoms with Crippen LogP contribution < -0.4 is 42.5 Å². The molecular formula is C105H138F4N20O13S5. The fraction of sp³-hybridized carbons (Fsp3) is 0.619. The summed E-state index contributed by atoms with van der Waals surface area (Å²) in [6.45, 7) is 27.9. The van der Waals surface area contributed by atoms with Crippen molar-refractivity contribution in [2.45, 2.75) is 389 Å². The number of amides is 8. The molecule has 42 heteroatoms. The Hall–Kier alpha value is -10.4. The smallest absolute Gasteiger partial charge is 0.280 e. The average molecular weight is 2120 g/mol. The third kappa shape index (κ3) is 24.0. The number of thiazole rings is 4. The van der Waals surface area contributed by atoms with Gasteiger partial charge in [-0.1, -0.05) is 0 Å². The Labute approximate surface area is 871 Å². The zero-order chi connectivity index (χ0) is 106. The van der Waals surface area contributed by atoms with Crippen molar-refractivity contribution in [1.82, 2.24) is 80.7 Å². The zero-order valence-corrected chi connectivity index (χ0v) is 90.6. The molecule has 0 aromatic carbocycles. The van der Waals surface area contributed by atoms with Gasteiger partial charge in [-0.2, -0.15) is 0 Å². The minimum atomic E-state index is -3.02. The lowest BCUT2D eigenvalue weighted by Gasteiger charge is -2.39. The molecule has 8 aromatic heterocycles. The maximum atomic E-state index is 14.1. The number of aromatic nitrogens is 8. The molecule has 0 unspecified atom stereocenters. The number of carbonyl (C=O) groups is 8. The highest BCUT2D eigenvalue weighted by molar-refractivity contribution is 7.91. The predicted molar refractivity (Wildman–Crippen MR) is 560 cm³/mol. The van der Waals surface area contributed by atoms with Crippen LogP contribution in [0.5, 0.6) is 0 Å². The lowest BCUT2D eigenvalue weighted by molar-refractivity contribution is 0.0115. The van der Waals surface area contributed by atoms with E-state index in [2.05, 4.69) is 110 Å². The van der Waals surface area contributed by atoms with Crippen LogP contribution in [0.15, 0.2) is 49.1 Å². The minimum absolute atomic E-state index is 0.00608. The van der Waals surface area contributed by atoms with Crippen LogP contribution in [-0.2, 0) is 9.84 Å². The molecule has 7 aliphatic heterocycles. The molecule has 8 amide bonds. The number of rotatable bonds is 26. The Balaban J connectivity index is 0.000000134. The first-order valence-electron chi connectivity index (χ1n) is 51.7. The first kappa shape index (κ1) is 108. The van der Waals surface area contributed by atoms with E-state index >= 15 is 0 Å². The monoisotopic (exact) mass is 2120 g/mol. The Morgan fingerprint density at radius 1 is 0.415 bits per heavy atom. The number of aliphatic hydroxyl groups excluding tert-OH is 1. The lowest BCUT2D eigenvalue weighted by atomic mass is 9.78. The maximum Gasteiger partial charge on any atom is 0.280 e. The first-order chi connectivity index (χ1) is 69.1. The molecule has 8 aromatic rings. The van der Waals surface area contributed by atoms with Crippen LogP contribution in [-0.4, -0.2) is 267 Å². The number of likely N-dealkylation sites (tertiary alicyclic amines) is 2. The van der Waals surface area contributed by atoms with Gasteiger partial charge in [0, 0.05) is 130 Å². The van der Waals surface area contributed by atoms with Crippen molar-refractivity contribution in [1.29, 1.82) is 0 Å². The standard InChI is InChI=1S/C27H35N5O4S2.2C26H35F2N5O3S.C26H33N5O3S/c1-16-14-21(31-27(2)10-3-11-27)28-15-20(16)23-22(26(34)32-18-4-5-19(32)7-6-18)30-25(37-23)24(33)29-17-8-12-38(35,36)13-9-17;2*1-14-10-18(32-25(6)8-7-9-25)29-12-17(14)20-19(23(35)33-13-26(27,28)11-15(33)2)31-22(37-20)21(34)30-16(3)24(4,5)36;1-14-10-20(30-26(2)8-3-9-26)27-13-19(14)22-21(25(34)31-16-4-5-17(31)7-6-16)29-24(35-22)23(33)28-15-11-18(32)12-15/h14-15,17-19H,3-13H2,1-2H3,(H,28,31)(H,29,33);2*10,12,15-16,36H,7-9,11,13H2,1-6H3,(H,29,32)(H,30,34);10,13,15-18,32H,3-9,11-12H2,1-2H3,(H,27,30)(H,28,33)/t;15-,16+;15-,16-;/m.00./s1. The van der Waals surface area contributed by atoms with Gasteiger partial charge in [0.15, 0.2) is 20.0 Å². The topological polar surface area (TPSA) is 444 Å². The normalized spacial score (nSPS) is 24.1. The summed E-state index contributed by atoms with van der Waals surface area (Å²) in [5.41, 5.74) is 4.90. The molecular weight excluding hydrogens is 1990 g/mol. The number of hydrogen-bond acceptors (Lipinski definition) is 29. The summed E-state index contributed by atoms with van der Waals surface area (Å²) in [4.78, 5) is 152. The van der Waals surface area contributed by atoms with Crippen LogP contribution in [0.1, 0.15) is 353 Å². The molecule has 12 fully saturated rings. The third-order valence-corrected chi connectivity index (χ3v) is 38.2. The minimum Gasteiger partial charge on any atom is -0.393 e. The molecule has 4 bridgehead atoms. The first-order valence-corrected chi connectivity index (χ1v) is 56.8. The van der Waals surface area contributed by atoms with E-state index in [1.807, 2.05) is 68.0 Å². The summed E-state index contributed by atoms with van der Waals surface area (Å²) in [6.07, 6.45) is 29.4. The fourth-order valence-electron chi connectivity index (χ4n) is 21.7. The second kappa shape index (κ2) is 41.8. The molecule has 11 N–H and O–H groups in total. The van der Waals surface area contributed by atoms with E-state index in [1.54, 1.807) is 74.0 Å². The molecule has 7 saturated heterocycles. The molecule has 0 spiro atoms. The molecule has 794 valence electrons. The van der Waals surface area contributed by atoms with E-state index in [9.17, 15) is 79.7 Å². The van der Waals surface area contributed by atoms with Gasteiger partial charge < -0.3 is 77.5 Å². The number of fused-ring (bicyclic) bond motifs is 4. The van der Waals surface area contributed by atoms with Crippen LogP contribution in [0.4, 0.5) is 40.8 Å². The number of aryl methyl sites for hydroxylation is 4. The van der Waals surface area contributed by atoms with Crippen LogP contribution >= 0.6 is 45.3 Å². The Morgan fingerprint density at radius 2 is 0.673 bits per heavy atom. The van der Waals surface area contributed by atoms with Crippen LogP contribution in [0.2, 0.25) is 0 Å². The number of nitrogens with zero attached hydrogens (tertiary/aromatic N) is 12. The number of nitrogens with one attached hydrogen (secondary N) is 8. The molecule has 4 atom stereocenters. The average Bonchev–Trinajstić information content (AvgIpc) is 1.63. The van der Waals surface area contributed by atoms with E-state index < -0.39 is 107 Å². The number of sulfone groups is 1. The van der Waals surface area contributed by atoms with Gasteiger partial charge in [-0.15, -0.1) is 45.3 Å². The SMILES string of the molecule is Cc1cc(NC2(C)CCC2)ncc1-c1sc(C(=O)NC2CC(O)C2)nc1C(=O)N1C2CCC1CC2.Cc1cc(NC2(C)CCC2)ncc1-c1sc(C(=O)NC2CCS(=O)(=O)CC2)nc1C(=O)N1C2CCC1CC2.Cc1cc(NC2(C)CCC2)ncc1-c1sc(C(=O)N[C@@H](C)C(C)(C)O)nc1C(=O)N1CC(F)(F)C[C@@H]1C.Cc1cc(NC2(C)CCC2)ncc1-c1sc(C(=O)N[C@H](C)C(C)(C)O)nc1C(=O)N1CC(F)(F)C[C@@H]1C. The van der Waals surface area contributed by atoms with Crippen LogP contribution in [0, 0.1) is 27.7 Å². The fourth-order valence-corrected chi connectivity index (χ4v) is 27.3. The van der Waals surface area contributed by atoms with Gasteiger partial charge in [-0.05, 0) is 311 Å². The van der Waals surface area contributed by atoms with Gasteiger partial charge in [0.05, 0.1) is 73.5 Å². The molecule has 5 aliphatic carbocycles. The van der Waals surface area contributed by atoms with Gasteiger partial charge >= 0.3 is 0 Å². The van der Waals surface area contributed by atoms with Crippen molar-refractivity contribution in [3.63, 3.8) is 0 Å². The molecule has 147 heavy (non-hydrogen) atoms. The van der Waals surface area contributed by atoms with Gasteiger partial charge in [0.25, 0.3) is 59.1 Å². The van der Waals surface area contributed by atoms with E-state index in [4.69, 9.17) is 0 Å². The van der Waals surface area contributed by atoms with Crippen LogP contribution in [0.25, 0.3) is 41.8 Å². The molecule has 12 aliphatic rings. The Bertz CT molecular complexity index is 6250. The van der Waals surface area contributed by atoms with Crippen molar-refractivity contribution >= 4 is 126 Å². The number of pyridine rings is 4. The van der Waals surface area contributed by atoms with E-state index in [0.717, 1.165) is 193 Å². The highest BCUT2D eigenvalue weighted by Crippen LogP contribution is 2.49. The van der Waals surface area contributed by atoms with Gasteiger partial charge in [0.2, 0.25) is 0 Å². The number of carbonyl (C=O) groups excluding carboxylic acids is 8. The van der Waals surface area contributed by atoms with Gasteiger partial charge in [-0.3, -0.25) is 38.4 Å². The molecule has 15 heterocycles. The summed E-state index contributed by atoms with van der Waals surface area (Å²) in [6, 6.07) is 6.09. The quantitative estimate of drug-likeness (QED) is 0.0224. The third-order valence-electron chi connectivity index (χ3n) is 32.2. The summed E-state index contributed by atoms with van der Waals surface area (Å²) in [5.74, 6) is -5.92. The van der Waals surface area contributed by atoms with E-state index in [1.165, 1.54) is 35.5 Å². The van der Waals surface area contributed by atoms with E-state index in [0.29, 0.717) is 84.3 Å². The van der Waals surface area contributed by atoms with Gasteiger partial charge in [-0.25, -0.2) is 65.9 Å². The predicted octanol–water partition coefficient (Wildman–Crippen LogP) is 17.1. The molecule has 5 saturated carbocycles. The molecule has 20 rings (SSSR count). The molecule has 0 radical (unpaired) electrons. The maximum absolute atomic E-state index is 14.1. The second-order valence-electron chi connectivity index (χ2n) is 45.4. The van der Waals surface area contributed by atoms with Crippen molar-refractivity contribution in [2.75, 3.05) is 45.9 Å².